The van der Waals surface area contributed by atoms with Crippen LogP contribution in [0.4, 0.5) is 0 Å². The van der Waals surface area contributed by atoms with Gasteiger partial charge in [0.25, 0.3) is 12.4 Å². The first-order valence-electron chi connectivity index (χ1n) is 8.59. The van der Waals surface area contributed by atoms with E-state index in [2.05, 4.69) is 27.1 Å². The van der Waals surface area contributed by atoms with Crippen LogP contribution < -0.4 is 0 Å². The molecule has 2 aliphatic heterocycles. The number of H-pyrrole nitrogens is 1. The number of nitrogens with zero attached hydrogens (tertiary/aromatic N) is 4. The van der Waals surface area contributed by atoms with Crippen molar-refractivity contribution >= 4 is 34.6 Å². The molecular weight excluding hydrogens is 366 g/mol. The van der Waals surface area contributed by atoms with E-state index in [1.54, 1.807) is 17.5 Å². The Morgan fingerprint density at radius 2 is 2.19 bits per heavy atom. The SMILES string of the molecule is CN1C[C@@H]2C[C@H]1CN2C(=O)c1n[nH]c2cc(-c3nccs3)ccc12.O=CO. The lowest BCUT2D eigenvalue weighted by molar-refractivity contribution is -0.122. The zero-order valence-corrected chi connectivity index (χ0v) is 15.5. The van der Waals surface area contributed by atoms with Crippen LogP contribution in [0.5, 0.6) is 0 Å². The molecule has 2 aromatic heterocycles. The Morgan fingerprint density at radius 3 is 2.81 bits per heavy atom. The number of hydrogen-bond donors (Lipinski definition) is 2. The lowest BCUT2D eigenvalue weighted by atomic mass is 10.1. The van der Waals surface area contributed by atoms with Gasteiger partial charge in [-0.3, -0.25) is 19.6 Å². The molecule has 4 heterocycles. The average molecular weight is 385 g/mol. The Balaban J connectivity index is 0.000000565. The molecule has 0 unspecified atom stereocenters. The number of nitrogens with one attached hydrogen (secondary N) is 1. The van der Waals surface area contributed by atoms with Crippen LogP contribution in [0.25, 0.3) is 21.5 Å². The van der Waals surface area contributed by atoms with Crippen molar-refractivity contribution < 1.29 is 14.7 Å². The molecular formula is C18H19N5O3S. The van der Waals surface area contributed by atoms with Gasteiger partial charge in [0.1, 0.15) is 5.01 Å². The summed E-state index contributed by atoms with van der Waals surface area (Å²) in [7, 11) is 2.14. The molecule has 2 atom stereocenters. The van der Waals surface area contributed by atoms with Gasteiger partial charge in [0.15, 0.2) is 5.69 Å². The molecule has 5 rings (SSSR count). The summed E-state index contributed by atoms with van der Waals surface area (Å²) in [5, 5.41) is 18.0. The van der Waals surface area contributed by atoms with E-state index in [0.717, 1.165) is 41.0 Å². The smallest absolute Gasteiger partial charge is 0.290 e. The summed E-state index contributed by atoms with van der Waals surface area (Å²) >= 11 is 1.60. The lowest BCUT2D eigenvalue weighted by Crippen LogP contribution is -2.47. The summed E-state index contributed by atoms with van der Waals surface area (Å²) in [6.45, 7) is 1.53. The first kappa shape index (κ1) is 17.6. The van der Waals surface area contributed by atoms with Crippen molar-refractivity contribution in [2.24, 2.45) is 0 Å². The van der Waals surface area contributed by atoms with Crippen molar-refractivity contribution in [3.05, 3.63) is 35.5 Å². The summed E-state index contributed by atoms with van der Waals surface area (Å²) in [6, 6.07) is 6.83. The predicted molar refractivity (Wildman–Crippen MR) is 102 cm³/mol. The topological polar surface area (TPSA) is 102 Å². The Bertz CT molecular complexity index is 969. The monoisotopic (exact) mass is 385 g/mol. The van der Waals surface area contributed by atoms with E-state index < -0.39 is 0 Å². The van der Waals surface area contributed by atoms with Gasteiger partial charge in [-0.1, -0.05) is 6.07 Å². The van der Waals surface area contributed by atoms with Crippen LogP contribution in [-0.4, -0.2) is 74.7 Å². The second-order valence-electron chi connectivity index (χ2n) is 6.72. The number of carbonyl (C=O) groups is 2. The minimum absolute atomic E-state index is 0.0452. The van der Waals surface area contributed by atoms with Gasteiger partial charge in [-0.25, -0.2) is 4.98 Å². The van der Waals surface area contributed by atoms with Crippen LogP contribution in [0.1, 0.15) is 16.9 Å². The number of likely N-dealkylation sites (N-methyl/N-ethyl adjacent to an activating group) is 1. The third-order valence-corrected chi connectivity index (χ3v) is 6.04. The molecule has 2 aliphatic rings. The van der Waals surface area contributed by atoms with Gasteiger partial charge in [0.2, 0.25) is 0 Å². The van der Waals surface area contributed by atoms with Gasteiger partial charge in [-0.05, 0) is 25.6 Å². The average Bonchev–Trinajstić information content (AvgIpc) is 3.43. The highest BCUT2D eigenvalue weighted by molar-refractivity contribution is 7.13. The van der Waals surface area contributed by atoms with E-state index in [0.29, 0.717) is 17.8 Å². The van der Waals surface area contributed by atoms with Gasteiger partial charge >= 0.3 is 0 Å². The van der Waals surface area contributed by atoms with Crippen molar-refractivity contribution in [2.45, 2.75) is 18.5 Å². The number of aromatic amines is 1. The van der Waals surface area contributed by atoms with E-state index in [9.17, 15) is 4.79 Å². The number of aromatic nitrogens is 3. The first-order valence-corrected chi connectivity index (χ1v) is 9.47. The maximum absolute atomic E-state index is 12.9. The van der Waals surface area contributed by atoms with Crippen LogP contribution in [0, 0.1) is 0 Å². The zero-order chi connectivity index (χ0) is 19.0. The molecule has 2 N–H and O–H groups in total. The maximum atomic E-state index is 12.9. The summed E-state index contributed by atoms with van der Waals surface area (Å²) in [4.78, 5) is 30.0. The van der Waals surface area contributed by atoms with E-state index in [-0.39, 0.29) is 12.4 Å². The predicted octanol–water partition coefficient (Wildman–Crippen LogP) is 1.92. The number of fused-ring (bicyclic) bond motifs is 3. The number of carboxylic acid groups (broad SMARTS) is 1. The standard InChI is InChI=1S/C17H17N5OS.CH2O2/c1-21-8-12-7-11(21)9-22(12)17(23)15-13-3-2-10(6-14(13)19-20-15)16-18-4-5-24-16;2-1-3/h2-6,11-12H,7-9H2,1H3,(H,19,20);1H,(H,2,3)/t11-,12-;/m0./s1. The third-order valence-electron chi connectivity index (χ3n) is 5.22. The summed E-state index contributed by atoms with van der Waals surface area (Å²) in [6.07, 6.45) is 2.88. The van der Waals surface area contributed by atoms with Crippen molar-refractivity contribution in [1.82, 2.24) is 25.0 Å². The number of likely N-dealkylation sites (tertiary alicyclic amines) is 2. The minimum atomic E-state index is -0.250. The molecule has 1 aromatic carbocycles. The highest BCUT2D eigenvalue weighted by Gasteiger charge is 2.44. The Labute approximate surface area is 159 Å². The van der Waals surface area contributed by atoms with Crippen molar-refractivity contribution in [3.63, 3.8) is 0 Å². The minimum Gasteiger partial charge on any atom is -0.483 e. The van der Waals surface area contributed by atoms with Crippen molar-refractivity contribution in [1.29, 1.82) is 0 Å². The first-order chi connectivity index (χ1) is 13.1. The molecule has 2 saturated heterocycles. The van der Waals surface area contributed by atoms with Crippen LogP contribution in [0.2, 0.25) is 0 Å². The van der Waals surface area contributed by atoms with Crippen LogP contribution >= 0.6 is 11.3 Å². The number of thiazole rings is 1. The number of carbonyl (C=O) groups excluding carboxylic acids is 1. The molecule has 1 amide bonds. The van der Waals surface area contributed by atoms with E-state index in [4.69, 9.17) is 9.90 Å². The van der Waals surface area contributed by atoms with Crippen molar-refractivity contribution in [3.8, 4) is 10.6 Å². The normalized spacial score (nSPS) is 21.3. The van der Waals surface area contributed by atoms with Gasteiger partial charge in [-0.15, -0.1) is 11.3 Å². The van der Waals surface area contributed by atoms with Gasteiger partial charge in [-0.2, -0.15) is 5.10 Å². The third kappa shape index (κ3) is 3.08. The van der Waals surface area contributed by atoms with Gasteiger partial charge in [0, 0.05) is 47.7 Å². The number of piperazine rings is 1. The molecule has 8 nitrogen and oxygen atoms in total. The fourth-order valence-corrected chi connectivity index (χ4v) is 4.57. The molecule has 2 bridgehead atoms. The van der Waals surface area contributed by atoms with Gasteiger partial charge < -0.3 is 10.0 Å². The second-order valence-corrected chi connectivity index (χ2v) is 7.61. The zero-order valence-electron chi connectivity index (χ0n) is 14.7. The number of benzene rings is 1. The fourth-order valence-electron chi connectivity index (χ4n) is 3.93. The lowest BCUT2D eigenvalue weighted by Gasteiger charge is -2.31. The molecule has 2 fully saturated rings. The summed E-state index contributed by atoms with van der Waals surface area (Å²) in [5.41, 5.74) is 2.46. The quantitative estimate of drug-likeness (QED) is 0.654. The molecule has 140 valence electrons. The molecule has 27 heavy (non-hydrogen) atoms. The van der Waals surface area contributed by atoms with Gasteiger partial charge in [0.05, 0.1) is 5.52 Å². The molecule has 0 spiro atoms. The number of hydrogen-bond acceptors (Lipinski definition) is 6. The van der Waals surface area contributed by atoms with Crippen molar-refractivity contribution in [2.75, 3.05) is 20.1 Å². The Morgan fingerprint density at radius 1 is 1.37 bits per heavy atom. The Hall–Kier alpha value is -2.78. The molecule has 9 heteroatoms. The summed E-state index contributed by atoms with van der Waals surface area (Å²) in [5.74, 6) is 0.0452. The van der Waals surface area contributed by atoms with Crippen LogP contribution in [-0.2, 0) is 4.79 Å². The molecule has 0 saturated carbocycles. The van der Waals surface area contributed by atoms with Crippen LogP contribution in [0.3, 0.4) is 0 Å². The maximum Gasteiger partial charge on any atom is 0.290 e. The number of amides is 1. The fraction of sp³-hybridized carbons (Fsp3) is 0.333. The largest absolute Gasteiger partial charge is 0.483 e. The molecule has 3 aromatic rings. The van der Waals surface area contributed by atoms with E-state index >= 15 is 0 Å². The number of rotatable bonds is 2. The molecule has 0 radical (unpaired) electrons. The van der Waals surface area contributed by atoms with E-state index in [1.807, 2.05) is 28.5 Å². The molecule has 0 aliphatic carbocycles. The Kier molecular flexibility index (Phi) is 4.63. The second kappa shape index (κ2) is 7.09. The summed E-state index contributed by atoms with van der Waals surface area (Å²) < 4.78 is 0. The highest BCUT2D eigenvalue weighted by atomic mass is 32.1. The van der Waals surface area contributed by atoms with Crippen LogP contribution in [0.15, 0.2) is 29.8 Å². The highest BCUT2D eigenvalue weighted by Crippen LogP contribution is 2.32. The van der Waals surface area contributed by atoms with E-state index in [1.165, 1.54) is 0 Å².